The Labute approximate surface area is 209 Å². The molecule has 1 saturated carbocycles. The van der Waals surface area contributed by atoms with Gasteiger partial charge in [-0.3, -0.25) is 0 Å². The standard InChI is InChI=1S/C24H28F4N4O5/c1-12-2-3-14(19(26)18(12)25)15-10-32(31-29-15)20-21(34)16(36-17(11-33)22(20)35)8-13-9-23(37-30-13)4-6-24(27,28)7-5-23/h2-3,10,16-17,20-22,33-35H,4-9,11H2,1H3/t16-,17-,20-,21+,22+/m1/s1. The number of ether oxygens (including phenoxy) is 1. The second-order valence-electron chi connectivity index (χ2n) is 10.2. The fourth-order valence-corrected chi connectivity index (χ4v) is 5.33. The van der Waals surface area contributed by atoms with Crippen molar-refractivity contribution in [1.82, 2.24) is 15.0 Å². The third kappa shape index (κ3) is 4.85. The van der Waals surface area contributed by atoms with Gasteiger partial charge in [-0.25, -0.2) is 22.2 Å². The molecule has 202 valence electrons. The van der Waals surface area contributed by atoms with Crippen molar-refractivity contribution in [2.24, 2.45) is 5.16 Å². The number of oxime groups is 1. The van der Waals surface area contributed by atoms with Crippen molar-refractivity contribution in [1.29, 1.82) is 0 Å². The van der Waals surface area contributed by atoms with Crippen LogP contribution in [0.15, 0.2) is 23.5 Å². The molecular formula is C24H28F4N4O5. The molecule has 0 radical (unpaired) electrons. The van der Waals surface area contributed by atoms with Crippen molar-refractivity contribution in [3.63, 3.8) is 0 Å². The van der Waals surface area contributed by atoms with Crippen molar-refractivity contribution >= 4 is 5.71 Å². The lowest BCUT2D eigenvalue weighted by Gasteiger charge is -2.42. The highest BCUT2D eigenvalue weighted by atomic mass is 19.3. The summed E-state index contributed by atoms with van der Waals surface area (Å²) in [6.45, 7) is 0.857. The van der Waals surface area contributed by atoms with Gasteiger partial charge in [-0.05, 0) is 31.4 Å². The van der Waals surface area contributed by atoms with Gasteiger partial charge in [0.1, 0.15) is 35.6 Å². The maximum atomic E-state index is 14.5. The lowest BCUT2D eigenvalue weighted by molar-refractivity contribution is -0.203. The van der Waals surface area contributed by atoms with Gasteiger partial charge in [0.2, 0.25) is 5.92 Å². The second-order valence-corrected chi connectivity index (χ2v) is 10.2. The summed E-state index contributed by atoms with van der Waals surface area (Å²) in [4.78, 5) is 5.56. The molecule has 0 bridgehead atoms. The summed E-state index contributed by atoms with van der Waals surface area (Å²) in [6, 6.07) is 1.61. The first-order chi connectivity index (χ1) is 17.5. The molecule has 5 rings (SSSR count). The van der Waals surface area contributed by atoms with Gasteiger partial charge in [0.15, 0.2) is 11.6 Å². The Bertz CT molecular complexity index is 1180. The Hall–Kier alpha value is -2.61. The fraction of sp³-hybridized carbons (Fsp3) is 0.625. The molecule has 0 unspecified atom stereocenters. The average molecular weight is 529 g/mol. The van der Waals surface area contributed by atoms with E-state index in [4.69, 9.17) is 9.57 Å². The van der Waals surface area contributed by atoms with Gasteiger partial charge in [-0.2, -0.15) is 0 Å². The van der Waals surface area contributed by atoms with Crippen LogP contribution in [0.1, 0.15) is 50.1 Å². The maximum absolute atomic E-state index is 14.5. The summed E-state index contributed by atoms with van der Waals surface area (Å²) in [6.07, 6.45) is -3.44. The number of halogens is 4. The molecule has 1 spiro atoms. The first-order valence-electron chi connectivity index (χ1n) is 12.1. The first-order valence-corrected chi connectivity index (χ1v) is 12.1. The van der Waals surface area contributed by atoms with E-state index in [0.29, 0.717) is 12.1 Å². The van der Waals surface area contributed by atoms with E-state index in [1.807, 2.05) is 0 Å². The summed E-state index contributed by atoms with van der Waals surface area (Å²) in [5.41, 5.74) is -0.316. The molecule has 2 aromatic rings. The highest BCUT2D eigenvalue weighted by Gasteiger charge is 2.50. The molecule has 13 heteroatoms. The molecule has 1 aromatic carbocycles. The van der Waals surface area contributed by atoms with Crippen LogP contribution in [0.3, 0.4) is 0 Å². The Morgan fingerprint density at radius 3 is 2.46 bits per heavy atom. The highest BCUT2D eigenvalue weighted by molar-refractivity contribution is 5.86. The van der Waals surface area contributed by atoms with Crippen molar-refractivity contribution in [3.8, 4) is 11.3 Å². The molecule has 1 aromatic heterocycles. The zero-order chi connectivity index (χ0) is 26.5. The van der Waals surface area contributed by atoms with Gasteiger partial charge < -0.3 is 24.9 Å². The van der Waals surface area contributed by atoms with Gasteiger partial charge in [0.25, 0.3) is 0 Å². The average Bonchev–Trinajstić information content (AvgIpc) is 3.50. The van der Waals surface area contributed by atoms with E-state index in [-0.39, 0.29) is 48.9 Å². The lowest BCUT2D eigenvalue weighted by atomic mass is 9.79. The van der Waals surface area contributed by atoms with E-state index in [0.717, 1.165) is 4.68 Å². The molecule has 9 nitrogen and oxygen atoms in total. The topological polar surface area (TPSA) is 122 Å². The summed E-state index contributed by atoms with van der Waals surface area (Å²) in [5, 5.41) is 43.6. The zero-order valence-electron chi connectivity index (χ0n) is 20.0. The lowest BCUT2D eigenvalue weighted by Crippen LogP contribution is -2.56. The fourth-order valence-electron chi connectivity index (χ4n) is 5.33. The number of hydrogen-bond acceptors (Lipinski definition) is 8. The van der Waals surface area contributed by atoms with Crippen molar-refractivity contribution in [2.45, 2.75) is 87.4 Å². The smallest absolute Gasteiger partial charge is 0.248 e. The van der Waals surface area contributed by atoms with Crippen LogP contribution in [0.2, 0.25) is 0 Å². The monoisotopic (exact) mass is 528 g/mol. The van der Waals surface area contributed by atoms with Crippen LogP contribution in [-0.2, 0) is 9.57 Å². The van der Waals surface area contributed by atoms with Gasteiger partial charge in [-0.1, -0.05) is 16.4 Å². The third-order valence-electron chi connectivity index (χ3n) is 7.58. The van der Waals surface area contributed by atoms with E-state index in [9.17, 15) is 32.9 Å². The molecule has 2 fully saturated rings. The van der Waals surface area contributed by atoms with Gasteiger partial charge in [0, 0.05) is 31.2 Å². The maximum Gasteiger partial charge on any atom is 0.248 e. The normalized spacial score (nSPS) is 30.8. The molecule has 37 heavy (non-hydrogen) atoms. The van der Waals surface area contributed by atoms with E-state index in [2.05, 4.69) is 15.5 Å². The number of nitrogens with zero attached hydrogens (tertiary/aromatic N) is 4. The number of alkyl halides is 2. The SMILES string of the molecule is Cc1ccc(-c2cn([C@H]3[C@@H](O)[C@@H](CO)O[C@H](CC4=NOC5(CCC(F)(F)CC5)C4)[C@@H]3O)nn2)c(F)c1F. The van der Waals surface area contributed by atoms with Crippen LogP contribution in [-0.4, -0.2) is 78.6 Å². The summed E-state index contributed by atoms with van der Waals surface area (Å²) < 4.78 is 62.6. The molecule has 3 N–H and O–H groups in total. The Morgan fingerprint density at radius 1 is 1.05 bits per heavy atom. The molecule has 2 aliphatic heterocycles. The minimum absolute atomic E-state index is 0.0102. The number of rotatable bonds is 5. The van der Waals surface area contributed by atoms with E-state index < -0.39 is 60.2 Å². The largest absolute Gasteiger partial charge is 0.394 e. The van der Waals surface area contributed by atoms with Gasteiger partial charge in [0.05, 0.1) is 24.6 Å². The van der Waals surface area contributed by atoms with Crippen molar-refractivity contribution in [2.75, 3.05) is 6.61 Å². The van der Waals surface area contributed by atoms with Crippen molar-refractivity contribution < 1.29 is 42.5 Å². The van der Waals surface area contributed by atoms with Crippen LogP contribution in [0.4, 0.5) is 17.6 Å². The first kappa shape index (κ1) is 26.0. The Kier molecular flexibility index (Phi) is 6.75. The minimum Gasteiger partial charge on any atom is -0.394 e. The number of aromatic nitrogens is 3. The predicted molar refractivity (Wildman–Crippen MR) is 121 cm³/mol. The second kappa shape index (κ2) is 9.61. The highest BCUT2D eigenvalue weighted by Crippen LogP contribution is 2.45. The number of benzene rings is 1. The minimum atomic E-state index is -2.72. The Morgan fingerprint density at radius 2 is 1.76 bits per heavy atom. The number of aliphatic hydroxyl groups excluding tert-OH is 3. The molecule has 5 atom stereocenters. The molecule has 3 heterocycles. The molecule has 3 aliphatic rings. The third-order valence-corrected chi connectivity index (χ3v) is 7.58. The van der Waals surface area contributed by atoms with Crippen LogP contribution in [0, 0.1) is 18.6 Å². The summed E-state index contributed by atoms with van der Waals surface area (Å²) in [7, 11) is 0. The van der Waals surface area contributed by atoms with E-state index in [1.165, 1.54) is 25.3 Å². The Balaban J connectivity index is 1.34. The quantitative estimate of drug-likeness (QED) is 0.510. The predicted octanol–water partition coefficient (Wildman–Crippen LogP) is 2.67. The number of aryl methyl sites for hydroxylation is 1. The van der Waals surface area contributed by atoms with Crippen LogP contribution >= 0.6 is 0 Å². The van der Waals surface area contributed by atoms with Crippen molar-refractivity contribution in [3.05, 3.63) is 35.5 Å². The van der Waals surface area contributed by atoms with Crippen LogP contribution in [0.25, 0.3) is 11.3 Å². The van der Waals surface area contributed by atoms with Crippen LogP contribution in [0.5, 0.6) is 0 Å². The molecule has 1 aliphatic carbocycles. The molecule has 0 amide bonds. The van der Waals surface area contributed by atoms with Gasteiger partial charge >= 0.3 is 0 Å². The van der Waals surface area contributed by atoms with E-state index >= 15 is 0 Å². The van der Waals surface area contributed by atoms with E-state index in [1.54, 1.807) is 0 Å². The molecule has 1 saturated heterocycles. The number of hydrogen-bond donors (Lipinski definition) is 3. The van der Waals surface area contributed by atoms with Crippen LogP contribution < -0.4 is 0 Å². The zero-order valence-corrected chi connectivity index (χ0v) is 20.0. The van der Waals surface area contributed by atoms with Gasteiger partial charge in [-0.15, -0.1) is 5.10 Å². The number of aliphatic hydroxyl groups is 3. The summed E-state index contributed by atoms with van der Waals surface area (Å²) in [5.74, 6) is -4.83. The molecular weight excluding hydrogens is 500 g/mol. The summed E-state index contributed by atoms with van der Waals surface area (Å²) >= 11 is 0.